The van der Waals surface area contributed by atoms with Crippen LogP contribution in [0, 0.1) is 0 Å². The highest BCUT2D eigenvalue weighted by Crippen LogP contribution is 2.36. The molecule has 12 heteroatoms. The first-order chi connectivity index (χ1) is 14.1. The third kappa shape index (κ3) is 5.38. The average molecular weight is 444 g/mol. The van der Waals surface area contributed by atoms with Gasteiger partial charge in [0.25, 0.3) is 0 Å². The number of anilines is 2. The predicted molar refractivity (Wildman–Crippen MR) is 107 cm³/mol. The Morgan fingerprint density at radius 3 is 2.47 bits per heavy atom. The van der Waals surface area contributed by atoms with E-state index in [2.05, 4.69) is 20.3 Å². The molecule has 2 aromatic heterocycles. The summed E-state index contributed by atoms with van der Waals surface area (Å²) < 4.78 is 37.4. The van der Waals surface area contributed by atoms with Gasteiger partial charge in [-0.15, -0.1) is 0 Å². The Labute approximate surface area is 173 Å². The van der Waals surface area contributed by atoms with Crippen LogP contribution in [0.3, 0.4) is 0 Å². The molecule has 0 aliphatic heterocycles. The average Bonchev–Trinajstić information content (AvgIpc) is 2.67. The molecule has 0 saturated heterocycles. The molecule has 0 fully saturated rings. The lowest BCUT2D eigenvalue weighted by atomic mass is 10.1. The van der Waals surface area contributed by atoms with Gasteiger partial charge >= 0.3 is 12.1 Å². The standard InChI is InChI=1S/C16H16ClN5O.C2HF3O2/c1-3-23-12-6-4-5-10(17)13(12)11-8-7-9-14(19-2)21-16(18)22-15(9)20-11;3-2(4,5)1(6)7/h4-8H,3H2,1-2H3,(H3,18,19,20,21,22);(H,6,7). The van der Waals surface area contributed by atoms with Crippen molar-refractivity contribution in [3.8, 4) is 17.0 Å². The van der Waals surface area contributed by atoms with Crippen LogP contribution >= 0.6 is 11.6 Å². The van der Waals surface area contributed by atoms with Crippen LogP contribution in [-0.4, -0.2) is 45.9 Å². The van der Waals surface area contributed by atoms with Crippen molar-refractivity contribution in [1.29, 1.82) is 0 Å². The number of hydrogen-bond donors (Lipinski definition) is 3. The molecule has 8 nitrogen and oxygen atoms in total. The molecule has 0 spiro atoms. The molecule has 0 bridgehead atoms. The molecule has 0 unspecified atom stereocenters. The normalized spacial score (nSPS) is 10.9. The number of carboxylic acid groups (broad SMARTS) is 1. The molecule has 2 heterocycles. The van der Waals surface area contributed by atoms with Crippen LogP contribution in [0.15, 0.2) is 30.3 Å². The summed E-state index contributed by atoms with van der Waals surface area (Å²) in [5.41, 5.74) is 7.66. The van der Waals surface area contributed by atoms with Crippen molar-refractivity contribution in [1.82, 2.24) is 15.0 Å². The van der Waals surface area contributed by atoms with Crippen LogP contribution < -0.4 is 15.8 Å². The zero-order valence-corrected chi connectivity index (χ0v) is 16.5. The number of alkyl halides is 3. The highest BCUT2D eigenvalue weighted by atomic mass is 35.5. The molecular weight excluding hydrogens is 427 g/mol. The Hall–Kier alpha value is -3.34. The molecule has 0 atom stereocenters. The monoisotopic (exact) mass is 443 g/mol. The molecular formula is C18H17ClF3N5O3. The number of halogens is 4. The Bertz CT molecular complexity index is 1060. The number of pyridine rings is 1. The third-order valence-electron chi connectivity index (χ3n) is 3.59. The van der Waals surface area contributed by atoms with Crippen molar-refractivity contribution in [3.05, 3.63) is 35.4 Å². The van der Waals surface area contributed by atoms with Gasteiger partial charge in [-0.05, 0) is 31.2 Å². The minimum atomic E-state index is -5.08. The Morgan fingerprint density at radius 2 is 1.90 bits per heavy atom. The van der Waals surface area contributed by atoms with E-state index in [1.54, 1.807) is 13.1 Å². The number of aromatic nitrogens is 3. The molecule has 3 rings (SSSR count). The van der Waals surface area contributed by atoms with E-state index in [1.807, 2.05) is 31.2 Å². The highest BCUT2D eigenvalue weighted by Gasteiger charge is 2.38. The first-order valence-electron chi connectivity index (χ1n) is 8.42. The zero-order chi connectivity index (χ0) is 22.5. The van der Waals surface area contributed by atoms with Crippen LogP contribution in [0.4, 0.5) is 24.9 Å². The number of rotatable bonds is 4. The molecule has 0 aliphatic carbocycles. The van der Waals surface area contributed by atoms with Crippen molar-refractivity contribution in [2.75, 3.05) is 24.7 Å². The van der Waals surface area contributed by atoms with Crippen LogP contribution in [-0.2, 0) is 4.79 Å². The Kier molecular flexibility index (Phi) is 7.22. The van der Waals surface area contributed by atoms with Gasteiger partial charge in [0.2, 0.25) is 5.95 Å². The molecule has 1 aromatic carbocycles. The first kappa shape index (κ1) is 22.9. The summed E-state index contributed by atoms with van der Waals surface area (Å²) in [6.07, 6.45) is -5.08. The van der Waals surface area contributed by atoms with Gasteiger partial charge < -0.3 is 20.9 Å². The van der Waals surface area contributed by atoms with E-state index in [9.17, 15) is 13.2 Å². The lowest BCUT2D eigenvalue weighted by molar-refractivity contribution is -0.192. The van der Waals surface area contributed by atoms with E-state index in [1.165, 1.54) is 0 Å². The predicted octanol–water partition coefficient (Wildman–Crippen LogP) is 4.00. The number of nitrogen functional groups attached to an aromatic ring is 1. The van der Waals surface area contributed by atoms with Gasteiger partial charge in [-0.3, -0.25) is 0 Å². The largest absolute Gasteiger partial charge is 0.493 e. The van der Waals surface area contributed by atoms with Gasteiger partial charge in [0.1, 0.15) is 11.6 Å². The molecule has 0 saturated carbocycles. The van der Waals surface area contributed by atoms with Crippen LogP contribution in [0.1, 0.15) is 6.92 Å². The molecule has 4 N–H and O–H groups in total. The number of aliphatic carboxylic acids is 1. The van der Waals surface area contributed by atoms with E-state index < -0.39 is 12.1 Å². The Balaban J connectivity index is 0.000000396. The van der Waals surface area contributed by atoms with Crippen molar-refractivity contribution in [2.45, 2.75) is 13.1 Å². The molecule has 3 aromatic rings. The van der Waals surface area contributed by atoms with E-state index >= 15 is 0 Å². The smallest absolute Gasteiger partial charge is 0.490 e. The van der Waals surface area contributed by atoms with Crippen LogP contribution in [0.5, 0.6) is 5.75 Å². The van der Waals surface area contributed by atoms with E-state index in [-0.39, 0.29) is 5.95 Å². The second kappa shape index (κ2) is 9.44. The van der Waals surface area contributed by atoms with Crippen molar-refractivity contribution in [3.63, 3.8) is 0 Å². The summed E-state index contributed by atoms with van der Waals surface area (Å²) >= 11 is 6.35. The quantitative estimate of drug-likeness (QED) is 0.552. The van der Waals surface area contributed by atoms with Gasteiger partial charge in [0, 0.05) is 7.05 Å². The van der Waals surface area contributed by atoms with E-state index in [0.29, 0.717) is 34.5 Å². The number of benzene rings is 1. The fourth-order valence-electron chi connectivity index (χ4n) is 2.39. The Morgan fingerprint density at radius 1 is 1.23 bits per heavy atom. The van der Waals surface area contributed by atoms with Gasteiger partial charge in [-0.1, -0.05) is 17.7 Å². The van der Waals surface area contributed by atoms with Crippen LogP contribution in [0.25, 0.3) is 22.3 Å². The summed E-state index contributed by atoms with van der Waals surface area (Å²) in [6.45, 7) is 2.46. The number of fused-ring (bicyclic) bond motifs is 1. The summed E-state index contributed by atoms with van der Waals surface area (Å²) in [6, 6.07) is 9.27. The van der Waals surface area contributed by atoms with Crippen molar-refractivity contribution >= 4 is 40.4 Å². The van der Waals surface area contributed by atoms with E-state index in [4.69, 9.17) is 32.0 Å². The van der Waals surface area contributed by atoms with Gasteiger partial charge in [-0.2, -0.15) is 23.1 Å². The number of ether oxygens (including phenoxy) is 1. The fraction of sp³-hybridized carbons (Fsp3) is 0.222. The second-order valence-electron chi connectivity index (χ2n) is 5.60. The van der Waals surface area contributed by atoms with E-state index in [0.717, 1.165) is 10.9 Å². The maximum atomic E-state index is 10.6. The van der Waals surface area contributed by atoms with Crippen LogP contribution in [0.2, 0.25) is 5.02 Å². The minimum Gasteiger partial charge on any atom is -0.493 e. The molecule has 0 radical (unpaired) electrons. The van der Waals surface area contributed by atoms with Crippen molar-refractivity contribution < 1.29 is 27.8 Å². The summed E-state index contributed by atoms with van der Waals surface area (Å²) in [5.74, 6) is -1.28. The highest BCUT2D eigenvalue weighted by molar-refractivity contribution is 6.33. The fourth-order valence-corrected chi connectivity index (χ4v) is 2.65. The summed E-state index contributed by atoms with van der Waals surface area (Å²) in [7, 11) is 1.77. The number of hydrogen-bond acceptors (Lipinski definition) is 7. The second-order valence-corrected chi connectivity index (χ2v) is 6.00. The SMILES string of the molecule is CCOc1cccc(Cl)c1-c1ccc2c(NC)nc(N)nc2n1.O=C(O)C(F)(F)F. The zero-order valence-electron chi connectivity index (χ0n) is 15.8. The minimum absolute atomic E-state index is 0.163. The maximum absolute atomic E-state index is 10.6. The lowest BCUT2D eigenvalue weighted by Crippen LogP contribution is -2.21. The van der Waals surface area contributed by atoms with Gasteiger partial charge in [0.05, 0.1) is 28.3 Å². The van der Waals surface area contributed by atoms with Gasteiger partial charge in [0.15, 0.2) is 5.65 Å². The number of nitrogens with two attached hydrogens (primary N) is 1. The summed E-state index contributed by atoms with van der Waals surface area (Å²) in [5, 5.41) is 11.5. The third-order valence-corrected chi connectivity index (χ3v) is 3.90. The molecule has 160 valence electrons. The lowest BCUT2D eigenvalue weighted by Gasteiger charge is -2.12. The topological polar surface area (TPSA) is 123 Å². The number of carbonyl (C=O) groups is 1. The maximum Gasteiger partial charge on any atom is 0.490 e. The molecule has 0 amide bonds. The molecule has 0 aliphatic rings. The number of nitrogens with zero attached hydrogens (tertiary/aromatic N) is 3. The van der Waals surface area contributed by atoms with Crippen molar-refractivity contribution in [2.24, 2.45) is 0 Å². The first-order valence-corrected chi connectivity index (χ1v) is 8.80. The number of carboxylic acids is 1. The molecule has 30 heavy (non-hydrogen) atoms. The summed E-state index contributed by atoms with van der Waals surface area (Å²) in [4.78, 5) is 21.8. The number of nitrogens with one attached hydrogen (secondary N) is 1. The van der Waals surface area contributed by atoms with Gasteiger partial charge in [-0.25, -0.2) is 9.78 Å².